The highest BCUT2D eigenvalue weighted by Crippen LogP contribution is 2.19. The number of fused-ring (bicyclic) bond motifs is 1. The van der Waals surface area contributed by atoms with Crippen LogP contribution in [0.15, 0.2) is 48.5 Å². The zero-order chi connectivity index (χ0) is 29.1. The Morgan fingerprint density at radius 2 is 1.80 bits per heavy atom. The molecule has 0 saturated heterocycles. The maximum absolute atomic E-state index is 13.5. The fourth-order valence-electron chi connectivity index (χ4n) is 4.50. The summed E-state index contributed by atoms with van der Waals surface area (Å²) in [5.74, 6) is -1.10. The van der Waals surface area contributed by atoms with Crippen LogP contribution >= 0.6 is 11.6 Å². The quantitative estimate of drug-likeness (QED) is 0.238. The predicted molar refractivity (Wildman–Crippen MR) is 155 cm³/mol. The van der Waals surface area contributed by atoms with E-state index < -0.39 is 29.9 Å². The standard InChI is InChI=1S/C29H39ClN6O4/c1-18(2)26-29(39)35-23(17-25(31)32)27(37)34-12-6-9-20-8-3-4-11-24(20)40-14-13-33-22(28(38)36-26)16-19-7-5-10-21(30)15-19/h3-5,7-8,10-11,15,18,22-23,26,33H,6,9,12-14,16-17H2,1-2H3,(H3,31,32)(H,34,37)(H,35,39)(H,36,38)/t22-,23+,26-/m1/s1. The molecule has 3 rings (SSSR count). The summed E-state index contributed by atoms with van der Waals surface area (Å²) in [5.41, 5.74) is 7.44. The van der Waals surface area contributed by atoms with Crippen molar-refractivity contribution in [2.24, 2.45) is 11.7 Å². The molecular formula is C29H39ClN6O4. The topological polar surface area (TPSA) is 158 Å². The molecule has 3 atom stereocenters. The van der Waals surface area contributed by atoms with Gasteiger partial charge in [0.1, 0.15) is 24.4 Å². The van der Waals surface area contributed by atoms with Crippen molar-refractivity contribution in [1.29, 1.82) is 5.41 Å². The third kappa shape index (κ3) is 9.53. The van der Waals surface area contributed by atoms with Gasteiger partial charge in [-0.15, -0.1) is 0 Å². The number of rotatable bonds is 5. The van der Waals surface area contributed by atoms with Crippen molar-refractivity contribution in [2.75, 3.05) is 19.7 Å². The summed E-state index contributed by atoms with van der Waals surface area (Å²) in [6.07, 6.45) is 1.51. The van der Waals surface area contributed by atoms with E-state index in [0.29, 0.717) is 44.0 Å². The second-order valence-corrected chi connectivity index (χ2v) is 10.6. The van der Waals surface area contributed by atoms with Gasteiger partial charge in [-0.3, -0.25) is 19.8 Å². The van der Waals surface area contributed by atoms with Crippen molar-refractivity contribution in [1.82, 2.24) is 21.3 Å². The van der Waals surface area contributed by atoms with E-state index in [4.69, 9.17) is 27.5 Å². The molecule has 10 nitrogen and oxygen atoms in total. The number of nitrogens with two attached hydrogens (primary N) is 1. The number of hydrogen-bond acceptors (Lipinski definition) is 6. The summed E-state index contributed by atoms with van der Waals surface area (Å²) in [7, 11) is 0. The highest BCUT2D eigenvalue weighted by atomic mass is 35.5. The Morgan fingerprint density at radius 1 is 1.02 bits per heavy atom. The van der Waals surface area contributed by atoms with Gasteiger partial charge in [0.15, 0.2) is 0 Å². The molecule has 7 N–H and O–H groups in total. The van der Waals surface area contributed by atoms with Gasteiger partial charge in [0.2, 0.25) is 17.7 Å². The zero-order valence-corrected chi connectivity index (χ0v) is 23.7. The molecule has 1 aliphatic heterocycles. The minimum Gasteiger partial charge on any atom is -0.492 e. The average Bonchev–Trinajstić information content (AvgIpc) is 2.90. The molecule has 0 fully saturated rings. The molecule has 0 aromatic heterocycles. The van der Waals surface area contributed by atoms with Crippen LogP contribution in [0.2, 0.25) is 5.02 Å². The first-order valence-corrected chi connectivity index (χ1v) is 13.9. The first-order chi connectivity index (χ1) is 19.1. The highest BCUT2D eigenvalue weighted by molar-refractivity contribution is 6.30. The zero-order valence-electron chi connectivity index (χ0n) is 23.0. The first kappa shape index (κ1) is 30.9. The molecule has 0 radical (unpaired) electrons. The van der Waals surface area contributed by atoms with Crippen LogP contribution < -0.4 is 31.7 Å². The van der Waals surface area contributed by atoms with Crippen LogP contribution in [0.1, 0.15) is 37.8 Å². The smallest absolute Gasteiger partial charge is 0.243 e. The summed E-state index contributed by atoms with van der Waals surface area (Å²) in [5, 5.41) is 19.9. The molecule has 216 valence electrons. The number of halogens is 1. The van der Waals surface area contributed by atoms with Gasteiger partial charge < -0.3 is 31.7 Å². The van der Waals surface area contributed by atoms with Crippen molar-refractivity contribution < 1.29 is 19.1 Å². The lowest BCUT2D eigenvalue weighted by Gasteiger charge is -2.27. The monoisotopic (exact) mass is 570 g/mol. The van der Waals surface area contributed by atoms with Crippen molar-refractivity contribution in [3.8, 4) is 5.75 Å². The van der Waals surface area contributed by atoms with Crippen LogP contribution in [0.4, 0.5) is 0 Å². The van der Waals surface area contributed by atoms with Crippen molar-refractivity contribution in [3.05, 3.63) is 64.7 Å². The number of aryl methyl sites for hydroxylation is 1. The number of carbonyl (C=O) groups excluding carboxylic acids is 3. The average molecular weight is 571 g/mol. The number of ether oxygens (including phenoxy) is 1. The maximum Gasteiger partial charge on any atom is 0.243 e. The van der Waals surface area contributed by atoms with Gasteiger partial charge in [-0.05, 0) is 54.5 Å². The van der Waals surface area contributed by atoms with E-state index in [1.807, 2.05) is 36.4 Å². The molecule has 3 amide bonds. The Bertz CT molecular complexity index is 1190. The van der Waals surface area contributed by atoms with Crippen LogP contribution in [0.5, 0.6) is 5.75 Å². The lowest BCUT2D eigenvalue weighted by Crippen LogP contribution is -2.58. The van der Waals surface area contributed by atoms with Gasteiger partial charge in [-0.25, -0.2) is 0 Å². The van der Waals surface area contributed by atoms with Crippen molar-refractivity contribution in [2.45, 2.75) is 57.7 Å². The van der Waals surface area contributed by atoms with Gasteiger partial charge in [0, 0.05) is 24.5 Å². The molecule has 0 aliphatic carbocycles. The molecule has 40 heavy (non-hydrogen) atoms. The third-order valence-corrected chi connectivity index (χ3v) is 6.83. The molecule has 2 aromatic carbocycles. The van der Waals surface area contributed by atoms with Gasteiger partial charge in [0.25, 0.3) is 0 Å². The third-order valence-electron chi connectivity index (χ3n) is 6.59. The van der Waals surface area contributed by atoms with E-state index in [1.54, 1.807) is 26.0 Å². The van der Waals surface area contributed by atoms with Crippen LogP contribution in [0.25, 0.3) is 0 Å². The predicted octanol–water partition coefficient (Wildman–Crippen LogP) is 1.93. The molecule has 1 heterocycles. The SMILES string of the molecule is CC(C)[C@H]1NC(=O)[C@@H](Cc2cccc(Cl)c2)NCCOc2ccccc2CCCNC(=O)[C@H](CC(=N)N)NC1=O. The van der Waals surface area contributed by atoms with Gasteiger partial charge in [-0.2, -0.15) is 0 Å². The van der Waals surface area contributed by atoms with Crippen LogP contribution in [-0.4, -0.2) is 61.4 Å². The Hall–Kier alpha value is -3.63. The minimum atomic E-state index is -1.04. The van der Waals surface area contributed by atoms with Crippen molar-refractivity contribution >= 4 is 35.2 Å². The second-order valence-electron chi connectivity index (χ2n) is 10.2. The van der Waals surface area contributed by atoms with E-state index in [0.717, 1.165) is 16.9 Å². The number of carbonyl (C=O) groups is 3. The van der Waals surface area contributed by atoms with Gasteiger partial charge >= 0.3 is 0 Å². The van der Waals surface area contributed by atoms with Crippen LogP contribution in [-0.2, 0) is 27.2 Å². The molecule has 0 unspecified atom stereocenters. The van der Waals surface area contributed by atoms with Gasteiger partial charge in [-0.1, -0.05) is 55.8 Å². The summed E-state index contributed by atoms with van der Waals surface area (Å²) in [6, 6.07) is 12.3. The number of para-hydroxylation sites is 1. The van der Waals surface area contributed by atoms with Crippen molar-refractivity contribution in [3.63, 3.8) is 0 Å². The second kappa shape index (κ2) is 15.2. The summed E-state index contributed by atoms with van der Waals surface area (Å²) < 4.78 is 6.04. The molecular weight excluding hydrogens is 532 g/mol. The minimum absolute atomic E-state index is 0.147. The largest absolute Gasteiger partial charge is 0.492 e. The lowest BCUT2D eigenvalue weighted by atomic mass is 10.00. The maximum atomic E-state index is 13.5. The normalized spacial score (nSPS) is 21.6. The number of amides is 3. The molecule has 11 heteroatoms. The van der Waals surface area contributed by atoms with E-state index in [2.05, 4.69) is 21.3 Å². The summed E-state index contributed by atoms with van der Waals surface area (Å²) >= 11 is 6.17. The first-order valence-electron chi connectivity index (χ1n) is 13.5. The van der Waals surface area contributed by atoms with E-state index in [9.17, 15) is 14.4 Å². The fraction of sp³-hybridized carbons (Fsp3) is 0.448. The molecule has 2 aromatic rings. The number of benzene rings is 2. The molecule has 1 aliphatic rings. The number of nitrogens with one attached hydrogen (secondary N) is 5. The van der Waals surface area contributed by atoms with Crippen LogP contribution in [0, 0.1) is 11.3 Å². The van der Waals surface area contributed by atoms with Crippen LogP contribution in [0.3, 0.4) is 0 Å². The lowest BCUT2D eigenvalue weighted by molar-refractivity contribution is -0.133. The van der Waals surface area contributed by atoms with E-state index in [-0.39, 0.29) is 24.1 Å². The van der Waals surface area contributed by atoms with E-state index in [1.165, 1.54) is 0 Å². The summed E-state index contributed by atoms with van der Waals surface area (Å²) in [4.78, 5) is 39.8. The fourth-order valence-corrected chi connectivity index (χ4v) is 4.71. The molecule has 0 saturated carbocycles. The molecule has 0 spiro atoms. The molecule has 0 bridgehead atoms. The number of hydrogen-bond donors (Lipinski definition) is 6. The van der Waals surface area contributed by atoms with Gasteiger partial charge in [0.05, 0.1) is 11.9 Å². The van der Waals surface area contributed by atoms with E-state index >= 15 is 0 Å². The Labute approximate surface area is 240 Å². The number of amidine groups is 1. The Kier molecular flexibility index (Phi) is 11.8. The summed E-state index contributed by atoms with van der Waals surface area (Å²) in [6.45, 7) is 4.70. The Balaban J connectivity index is 1.88. The Morgan fingerprint density at radius 3 is 2.52 bits per heavy atom. The highest BCUT2D eigenvalue weighted by Gasteiger charge is 2.31.